The van der Waals surface area contributed by atoms with Crippen molar-refractivity contribution in [2.24, 2.45) is 0 Å². The third kappa shape index (κ3) is 4.45. The monoisotopic (exact) mass is 396 g/mol. The number of carboxylic acid groups (broad SMARTS) is 1. The molecule has 0 saturated carbocycles. The first-order chi connectivity index (χ1) is 12.3. The molecule has 2 rings (SSSR count). The van der Waals surface area contributed by atoms with E-state index >= 15 is 0 Å². The van der Waals surface area contributed by atoms with E-state index in [2.05, 4.69) is 15.0 Å². The van der Waals surface area contributed by atoms with Crippen LogP contribution < -0.4 is 16.2 Å². The van der Waals surface area contributed by atoms with Crippen molar-refractivity contribution in [3.05, 3.63) is 29.7 Å². The number of hydrazine groups is 1. The zero-order valence-corrected chi connectivity index (χ0v) is 13.2. The number of amides is 1. The Morgan fingerprint density at radius 1 is 1.15 bits per heavy atom. The molecule has 14 heteroatoms. The van der Waals surface area contributed by atoms with Gasteiger partial charge in [0.05, 0.1) is 0 Å². The van der Waals surface area contributed by atoms with E-state index in [-0.39, 0.29) is 5.56 Å². The summed E-state index contributed by atoms with van der Waals surface area (Å²) < 4.78 is 77.2. The van der Waals surface area contributed by atoms with Crippen molar-refractivity contribution in [2.45, 2.75) is 12.4 Å². The normalized spacial score (nSPS) is 12.0. The van der Waals surface area contributed by atoms with Crippen molar-refractivity contribution >= 4 is 17.6 Å². The largest absolute Gasteiger partial charge is 0.464 e. The lowest BCUT2D eigenvalue weighted by molar-refractivity contribution is -0.141. The highest BCUT2D eigenvalue weighted by Crippen LogP contribution is 2.37. The van der Waals surface area contributed by atoms with Gasteiger partial charge in [0, 0.05) is 18.8 Å². The minimum atomic E-state index is -5.03. The first kappa shape index (κ1) is 20.0. The van der Waals surface area contributed by atoms with Crippen LogP contribution in [0, 0.1) is 0 Å². The molecule has 0 unspecified atom stereocenters. The maximum Gasteiger partial charge on any atom is 0.435 e. The molecule has 27 heavy (non-hydrogen) atoms. The highest BCUT2D eigenvalue weighted by atomic mass is 19.4. The van der Waals surface area contributed by atoms with Gasteiger partial charge in [-0.2, -0.15) is 26.3 Å². The Morgan fingerprint density at radius 3 is 2.22 bits per heavy atom. The Bertz CT molecular complexity index is 852. The molecule has 0 spiro atoms. The Morgan fingerprint density at radius 2 is 1.78 bits per heavy atom. The van der Waals surface area contributed by atoms with Gasteiger partial charge in [-0.15, -0.1) is 0 Å². The molecule has 0 aliphatic heterocycles. The maximum atomic E-state index is 13.2. The Labute approximate surface area is 146 Å². The number of hydrogen-bond acceptors (Lipinski definition) is 6. The minimum absolute atomic E-state index is 0.265. The van der Waals surface area contributed by atoms with E-state index in [4.69, 9.17) is 10.8 Å². The fourth-order valence-electron chi connectivity index (χ4n) is 1.95. The third-order valence-electron chi connectivity index (χ3n) is 3.09. The second-order valence-corrected chi connectivity index (χ2v) is 5.04. The van der Waals surface area contributed by atoms with Crippen LogP contribution in [0.2, 0.25) is 0 Å². The zero-order valence-electron chi connectivity index (χ0n) is 13.2. The topological polar surface area (TPSA) is 117 Å². The van der Waals surface area contributed by atoms with Gasteiger partial charge in [-0.05, 0) is 12.1 Å². The number of nitrogen functional groups attached to an aromatic ring is 1. The summed E-state index contributed by atoms with van der Waals surface area (Å²) >= 11 is 0. The molecule has 1 amide bonds. The molecule has 4 N–H and O–H groups in total. The van der Waals surface area contributed by atoms with E-state index in [0.717, 1.165) is 13.1 Å². The molecule has 8 nitrogen and oxygen atoms in total. The third-order valence-corrected chi connectivity index (χ3v) is 3.09. The van der Waals surface area contributed by atoms with Crippen LogP contribution >= 0.6 is 0 Å². The molecule has 2 heterocycles. The minimum Gasteiger partial charge on any atom is -0.464 e. The van der Waals surface area contributed by atoms with Crippen molar-refractivity contribution in [2.75, 3.05) is 17.8 Å². The SMILES string of the molecule is CN(NC(=O)O)c1nc(-c2ccc(C(F)(F)F)nc2)nc(C(F)(F)F)c1N. The van der Waals surface area contributed by atoms with Crippen molar-refractivity contribution in [1.82, 2.24) is 20.4 Å². The number of carbonyl (C=O) groups is 1. The molecule has 0 aromatic carbocycles. The number of alkyl halides is 6. The Balaban J connectivity index is 2.61. The number of aromatic nitrogens is 3. The van der Waals surface area contributed by atoms with Crippen molar-refractivity contribution in [1.29, 1.82) is 0 Å². The van der Waals surface area contributed by atoms with Gasteiger partial charge in [0.2, 0.25) is 0 Å². The van der Waals surface area contributed by atoms with Crippen LogP contribution in [-0.4, -0.2) is 33.2 Å². The van der Waals surface area contributed by atoms with Crippen LogP contribution in [0.25, 0.3) is 11.4 Å². The molecule has 0 fully saturated rings. The summed E-state index contributed by atoms with van der Waals surface area (Å²) in [6, 6.07) is 1.37. The van der Waals surface area contributed by atoms with E-state index in [0.29, 0.717) is 17.3 Å². The number of anilines is 2. The van der Waals surface area contributed by atoms with Crippen molar-refractivity contribution < 1.29 is 36.2 Å². The summed E-state index contributed by atoms with van der Waals surface area (Å²) in [6.45, 7) is 0. The van der Waals surface area contributed by atoms with Gasteiger partial charge < -0.3 is 10.8 Å². The van der Waals surface area contributed by atoms with Crippen molar-refractivity contribution in [3.8, 4) is 11.4 Å². The highest BCUT2D eigenvalue weighted by Gasteiger charge is 2.38. The van der Waals surface area contributed by atoms with E-state index in [9.17, 15) is 31.1 Å². The van der Waals surface area contributed by atoms with Gasteiger partial charge in [0.25, 0.3) is 0 Å². The van der Waals surface area contributed by atoms with Crippen LogP contribution in [0.1, 0.15) is 11.4 Å². The number of pyridine rings is 1. The van der Waals surface area contributed by atoms with Crippen LogP contribution in [-0.2, 0) is 12.4 Å². The lowest BCUT2D eigenvalue weighted by atomic mass is 10.2. The predicted molar refractivity (Wildman–Crippen MR) is 79.2 cm³/mol. The van der Waals surface area contributed by atoms with Crippen LogP contribution in [0.3, 0.4) is 0 Å². The maximum absolute atomic E-state index is 13.2. The van der Waals surface area contributed by atoms with Gasteiger partial charge in [0.15, 0.2) is 17.3 Å². The second kappa shape index (κ2) is 6.77. The molecule has 0 radical (unpaired) electrons. The lowest BCUT2D eigenvalue weighted by Crippen LogP contribution is -2.39. The molecule has 2 aromatic rings. The molecule has 0 atom stereocenters. The molecule has 0 bridgehead atoms. The summed E-state index contributed by atoms with van der Waals surface area (Å²) in [5, 5.41) is 9.28. The summed E-state index contributed by atoms with van der Waals surface area (Å²) in [6.07, 6.45) is -10.7. The average molecular weight is 396 g/mol. The van der Waals surface area contributed by atoms with Gasteiger partial charge in [-0.3, -0.25) is 9.99 Å². The first-order valence-electron chi connectivity index (χ1n) is 6.82. The van der Waals surface area contributed by atoms with Gasteiger partial charge in [0.1, 0.15) is 11.4 Å². The van der Waals surface area contributed by atoms with Gasteiger partial charge in [-0.25, -0.2) is 20.2 Å². The molecule has 0 aliphatic carbocycles. The molecule has 146 valence electrons. The number of nitrogens with zero attached hydrogens (tertiary/aromatic N) is 4. The summed E-state index contributed by atoms with van der Waals surface area (Å²) in [5.41, 5.74) is 3.05. The van der Waals surface area contributed by atoms with E-state index < -0.39 is 47.2 Å². The molecule has 0 saturated heterocycles. The summed E-state index contributed by atoms with van der Waals surface area (Å²) in [4.78, 5) is 20.8. The standard InChI is InChI=1S/C13H10F6N6O2/c1-25(24-11(26)27)10-7(20)8(13(17,18)19)22-9(23-10)5-2-3-6(21-4-5)12(14,15)16/h2-4,24H,20H2,1H3,(H,26,27). The van der Waals surface area contributed by atoms with Crippen LogP contribution in [0.15, 0.2) is 18.3 Å². The molecule has 0 aliphatic rings. The number of nitrogens with two attached hydrogens (primary N) is 1. The predicted octanol–water partition coefficient (Wildman–Crippen LogP) is 2.78. The number of nitrogens with one attached hydrogen (secondary N) is 1. The summed E-state index contributed by atoms with van der Waals surface area (Å²) in [5.74, 6) is -1.29. The molecule has 2 aromatic heterocycles. The molecular weight excluding hydrogens is 386 g/mol. The Hall–Kier alpha value is -3.32. The smallest absolute Gasteiger partial charge is 0.435 e. The molecular formula is C13H10F6N6O2. The number of halogens is 6. The van der Waals surface area contributed by atoms with E-state index in [1.54, 1.807) is 5.43 Å². The fraction of sp³-hybridized carbons (Fsp3) is 0.231. The van der Waals surface area contributed by atoms with Gasteiger partial charge >= 0.3 is 18.4 Å². The summed E-state index contributed by atoms with van der Waals surface area (Å²) in [7, 11) is 1.03. The second-order valence-electron chi connectivity index (χ2n) is 5.04. The first-order valence-corrected chi connectivity index (χ1v) is 6.82. The van der Waals surface area contributed by atoms with Crippen molar-refractivity contribution in [3.63, 3.8) is 0 Å². The van der Waals surface area contributed by atoms with E-state index in [1.807, 2.05) is 0 Å². The fourth-order valence-corrected chi connectivity index (χ4v) is 1.95. The number of hydrogen-bond donors (Lipinski definition) is 3. The number of rotatable bonds is 3. The average Bonchev–Trinajstić information content (AvgIpc) is 2.52. The van der Waals surface area contributed by atoms with Gasteiger partial charge in [-0.1, -0.05) is 0 Å². The highest BCUT2D eigenvalue weighted by molar-refractivity contribution is 5.73. The Kier molecular flexibility index (Phi) is 5.01. The van der Waals surface area contributed by atoms with Crippen LogP contribution in [0.5, 0.6) is 0 Å². The quantitative estimate of drug-likeness (QED) is 0.539. The lowest BCUT2D eigenvalue weighted by Gasteiger charge is -2.21. The van der Waals surface area contributed by atoms with E-state index in [1.165, 1.54) is 0 Å². The zero-order chi connectivity index (χ0) is 20.6. The van der Waals surface area contributed by atoms with Crippen LogP contribution in [0.4, 0.5) is 42.6 Å².